The molecule has 2 amide bonds. The molecule has 2 aromatic rings. The van der Waals surface area contributed by atoms with E-state index in [0.29, 0.717) is 17.9 Å². The highest BCUT2D eigenvalue weighted by Crippen LogP contribution is 2.37. The van der Waals surface area contributed by atoms with E-state index in [-0.39, 0.29) is 18.2 Å². The molecule has 6 heteroatoms. The summed E-state index contributed by atoms with van der Waals surface area (Å²) < 4.78 is 5.74. The molecule has 0 bridgehead atoms. The Morgan fingerprint density at radius 3 is 2.65 bits per heavy atom. The largest absolute Gasteiger partial charge is 0.508 e. The van der Waals surface area contributed by atoms with Crippen LogP contribution in [0, 0.1) is 0 Å². The Labute approximate surface area is 133 Å². The van der Waals surface area contributed by atoms with Gasteiger partial charge in [-0.05, 0) is 17.7 Å². The molecule has 6 nitrogen and oxygen atoms in total. The Hall–Kier alpha value is -3.02. The fraction of sp³-hybridized carbons (Fsp3) is 0.176. The van der Waals surface area contributed by atoms with Gasteiger partial charge in [-0.2, -0.15) is 0 Å². The average Bonchev–Trinajstić information content (AvgIpc) is 2.52. The summed E-state index contributed by atoms with van der Waals surface area (Å²) >= 11 is 0. The number of nitrogens with zero attached hydrogens (tertiary/aromatic N) is 1. The third-order valence-electron chi connectivity index (χ3n) is 3.62. The number of aromatic hydroxyl groups is 1. The van der Waals surface area contributed by atoms with Crippen molar-refractivity contribution in [1.29, 1.82) is 0 Å². The van der Waals surface area contributed by atoms with E-state index in [9.17, 15) is 14.7 Å². The number of phenols is 1. The molecule has 2 aromatic carbocycles. The Bertz CT molecular complexity index is 746. The number of ether oxygens (including phenoxy) is 1. The molecule has 0 radical (unpaired) electrons. The number of carbonyl (C=O) groups is 2. The lowest BCUT2D eigenvalue weighted by Gasteiger charge is -2.33. The number of amides is 2. The molecule has 3 rings (SSSR count). The van der Waals surface area contributed by atoms with Gasteiger partial charge in [0.2, 0.25) is 5.91 Å². The minimum Gasteiger partial charge on any atom is -0.508 e. The first kappa shape index (κ1) is 14.9. The van der Waals surface area contributed by atoms with Gasteiger partial charge in [0.25, 0.3) is 5.91 Å². The van der Waals surface area contributed by atoms with Crippen LogP contribution in [-0.2, 0) is 16.0 Å². The van der Waals surface area contributed by atoms with E-state index in [2.05, 4.69) is 0 Å². The molecule has 118 valence electrons. The lowest BCUT2D eigenvalue weighted by atomic mass is 10.0. The van der Waals surface area contributed by atoms with Crippen LogP contribution in [0.2, 0.25) is 0 Å². The highest BCUT2D eigenvalue weighted by Gasteiger charge is 2.35. The summed E-state index contributed by atoms with van der Waals surface area (Å²) in [5.74, 6) is -0.564. The van der Waals surface area contributed by atoms with Crippen molar-refractivity contribution in [3.05, 3.63) is 54.1 Å². The molecule has 0 spiro atoms. The summed E-state index contributed by atoms with van der Waals surface area (Å²) in [7, 11) is 0. The fourth-order valence-electron chi connectivity index (χ4n) is 2.59. The van der Waals surface area contributed by atoms with Crippen LogP contribution in [0.3, 0.4) is 0 Å². The zero-order valence-corrected chi connectivity index (χ0v) is 12.3. The minimum atomic E-state index is -0.772. The Morgan fingerprint density at radius 2 is 1.96 bits per heavy atom. The summed E-state index contributed by atoms with van der Waals surface area (Å²) in [5.41, 5.74) is 6.61. The summed E-state index contributed by atoms with van der Waals surface area (Å²) in [6.45, 7) is -0.231. The van der Waals surface area contributed by atoms with Crippen molar-refractivity contribution >= 4 is 17.5 Å². The lowest BCUT2D eigenvalue weighted by Crippen LogP contribution is -2.49. The first-order valence-electron chi connectivity index (χ1n) is 7.18. The standard InChI is InChI=1S/C17H16N2O4/c18-16(21)10-19-13-7-6-12(20)9-14(13)23-15(17(19)22)8-11-4-2-1-3-5-11/h1-7,9,15,20H,8,10H2,(H2,18,21). The topological polar surface area (TPSA) is 92.9 Å². The molecule has 0 aliphatic carbocycles. The molecule has 3 N–H and O–H groups in total. The molecule has 0 saturated carbocycles. The number of benzene rings is 2. The van der Waals surface area contributed by atoms with Crippen molar-refractivity contribution < 1.29 is 19.4 Å². The number of fused-ring (bicyclic) bond motifs is 1. The number of nitrogens with two attached hydrogens (primary N) is 1. The smallest absolute Gasteiger partial charge is 0.268 e. The van der Waals surface area contributed by atoms with E-state index in [1.54, 1.807) is 0 Å². The lowest BCUT2D eigenvalue weighted by molar-refractivity contribution is -0.128. The van der Waals surface area contributed by atoms with E-state index in [1.165, 1.54) is 23.1 Å². The first-order chi connectivity index (χ1) is 11.0. The van der Waals surface area contributed by atoms with Gasteiger partial charge in [0.1, 0.15) is 18.0 Å². The number of hydrogen-bond donors (Lipinski definition) is 2. The predicted molar refractivity (Wildman–Crippen MR) is 84.2 cm³/mol. The van der Waals surface area contributed by atoms with Crippen LogP contribution < -0.4 is 15.4 Å². The maximum atomic E-state index is 12.6. The van der Waals surface area contributed by atoms with Gasteiger partial charge in [-0.25, -0.2) is 0 Å². The van der Waals surface area contributed by atoms with Crippen LogP contribution in [0.4, 0.5) is 5.69 Å². The molecule has 1 aliphatic rings. The zero-order valence-electron chi connectivity index (χ0n) is 12.3. The van der Waals surface area contributed by atoms with E-state index in [1.807, 2.05) is 30.3 Å². The minimum absolute atomic E-state index is 0.0237. The van der Waals surface area contributed by atoms with Gasteiger partial charge in [0.05, 0.1) is 5.69 Å². The van der Waals surface area contributed by atoms with Crippen molar-refractivity contribution in [2.75, 3.05) is 11.4 Å². The molecular formula is C17H16N2O4. The highest BCUT2D eigenvalue weighted by molar-refractivity contribution is 6.03. The molecule has 0 saturated heterocycles. The van der Waals surface area contributed by atoms with Crippen molar-refractivity contribution in [3.63, 3.8) is 0 Å². The monoisotopic (exact) mass is 312 g/mol. The van der Waals surface area contributed by atoms with Crippen molar-refractivity contribution in [1.82, 2.24) is 0 Å². The SMILES string of the molecule is NC(=O)CN1C(=O)C(Cc2ccccc2)Oc2cc(O)ccc21. The van der Waals surface area contributed by atoms with Gasteiger partial charge in [-0.15, -0.1) is 0 Å². The molecule has 1 heterocycles. The third kappa shape index (κ3) is 3.11. The van der Waals surface area contributed by atoms with Crippen LogP contribution >= 0.6 is 0 Å². The van der Waals surface area contributed by atoms with Gasteiger partial charge >= 0.3 is 0 Å². The van der Waals surface area contributed by atoms with E-state index < -0.39 is 12.0 Å². The van der Waals surface area contributed by atoms with Crippen LogP contribution in [0.15, 0.2) is 48.5 Å². The Morgan fingerprint density at radius 1 is 1.22 bits per heavy atom. The molecule has 1 unspecified atom stereocenters. The zero-order chi connectivity index (χ0) is 16.4. The van der Waals surface area contributed by atoms with Gasteiger partial charge in [0, 0.05) is 12.5 Å². The number of phenolic OH excluding ortho intramolecular Hbond substituents is 1. The van der Waals surface area contributed by atoms with Crippen LogP contribution in [0.1, 0.15) is 5.56 Å². The summed E-state index contributed by atoms with van der Waals surface area (Å²) in [6, 6.07) is 13.8. The predicted octanol–water partition coefficient (Wildman–Crippen LogP) is 1.21. The van der Waals surface area contributed by atoms with Crippen molar-refractivity contribution in [2.45, 2.75) is 12.5 Å². The maximum absolute atomic E-state index is 12.6. The quantitative estimate of drug-likeness (QED) is 0.887. The second kappa shape index (κ2) is 6.00. The summed E-state index contributed by atoms with van der Waals surface area (Å²) in [4.78, 5) is 25.2. The van der Waals surface area contributed by atoms with Crippen LogP contribution in [0.25, 0.3) is 0 Å². The molecule has 23 heavy (non-hydrogen) atoms. The summed E-state index contributed by atoms with van der Waals surface area (Å²) in [6.07, 6.45) is -0.407. The average molecular weight is 312 g/mol. The molecule has 1 atom stereocenters. The second-order valence-electron chi connectivity index (χ2n) is 5.34. The molecular weight excluding hydrogens is 296 g/mol. The fourth-order valence-corrected chi connectivity index (χ4v) is 2.59. The van der Waals surface area contributed by atoms with E-state index in [0.717, 1.165) is 5.56 Å². The number of anilines is 1. The number of rotatable bonds is 4. The second-order valence-corrected chi connectivity index (χ2v) is 5.34. The van der Waals surface area contributed by atoms with Crippen LogP contribution in [-0.4, -0.2) is 29.6 Å². The molecule has 0 fully saturated rings. The Kier molecular flexibility index (Phi) is 3.89. The van der Waals surface area contributed by atoms with Gasteiger partial charge < -0.3 is 15.6 Å². The molecule has 0 aromatic heterocycles. The number of hydrogen-bond acceptors (Lipinski definition) is 4. The van der Waals surface area contributed by atoms with E-state index >= 15 is 0 Å². The maximum Gasteiger partial charge on any atom is 0.268 e. The molecule has 1 aliphatic heterocycles. The van der Waals surface area contributed by atoms with Gasteiger partial charge in [0.15, 0.2) is 6.10 Å². The van der Waals surface area contributed by atoms with Gasteiger partial charge in [-0.3, -0.25) is 14.5 Å². The third-order valence-corrected chi connectivity index (χ3v) is 3.62. The number of carbonyl (C=O) groups excluding carboxylic acids is 2. The van der Waals surface area contributed by atoms with Gasteiger partial charge in [-0.1, -0.05) is 30.3 Å². The number of primary amides is 1. The normalized spacial score (nSPS) is 16.6. The Balaban J connectivity index is 1.94. The van der Waals surface area contributed by atoms with Crippen molar-refractivity contribution in [3.8, 4) is 11.5 Å². The first-order valence-corrected chi connectivity index (χ1v) is 7.18. The highest BCUT2D eigenvalue weighted by atomic mass is 16.5. The summed E-state index contributed by atoms with van der Waals surface area (Å²) in [5, 5.41) is 9.62. The van der Waals surface area contributed by atoms with Crippen molar-refractivity contribution in [2.24, 2.45) is 5.73 Å². The van der Waals surface area contributed by atoms with E-state index in [4.69, 9.17) is 10.5 Å². The van der Waals surface area contributed by atoms with Crippen LogP contribution in [0.5, 0.6) is 11.5 Å².